The minimum atomic E-state index is 0.0490. The number of hydrogen-bond donors (Lipinski definition) is 0. The Morgan fingerprint density at radius 3 is 2.29 bits per heavy atom. The van der Waals surface area contributed by atoms with Crippen LogP contribution in [-0.4, -0.2) is 10.8 Å². The van der Waals surface area contributed by atoms with E-state index in [2.05, 4.69) is 25.8 Å². The molecular weight excluding hydrogens is 230 g/mol. The Balaban J connectivity index is 2.28. The summed E-state index contributed by atoms with van der Waals surface area (Å²) in [5.74, 6) is 0.0490. The Bertz CT molecular complexity index is 506. The Morgan fingerprint density at radius 1 is 1.18 bits per heavy atom. The number of rotatable bonds is 2. The third kappa shape index (κ3) is 2.61. The van der Waals surface area contributed by atoms with Gasteiger partial charge in [-0.1, -0.05) is 45.0 Å². The standard InChI is InChI=1S/C14H15NOS/c1-14(2,3)11-6-4-10(5-7-11)13(16)12-8-15-9-17-12/h4-9H,1-3H3. The Kier molecular flexibility index (Phi) is 3.11. The van der Waals surface area contributed by atoms with E-state index in [0.29, 0.717) is 4.88 Å². The van der Waals surface area contributed by atoms with Gasteiger partial charge in [0, 0.05) is 11.8 Å². The summed E-state index contributed by atoms with van der Waals surface area (Å²) >= 11 is 1.37. The second-order valence-electron chi connectivity index (χ2n) is 5.02. The Morgan fingerprint density at radius 2 is 1.82 bits per heavy atom. The lowest BCUT2D eigenvalue weighted by atomic mass is 9.86. The van der Waals surface area contributed by atoms with Crippen molar-refractivity contribution in [1.82, 2.24) is 4.98 Å². The molecule has 0 unspecified atom stereocenters. The average molecular weight is 245 g/mol. The van der Waals surface area contributed by atoms with Crippen LogP contribution < -0.4 is 0 Å². The van der Waals surface area contributed by atoms with Gasteiger partial charge in [-0.3, -0.25) is 9.78 Å². The molecule has 88 valence electrons. The summed E-state index contributed by atoms with van der Waals surface area (Å²) in [5, 5.41) is 0. The van der Waals surface area contributed by atoms with Crippen molar-refractivity contribution in [2.45, 2.75) is 26.2 Å². The second kappa shape index (κ2) is 4.41. The van der Waals surface area contributed by atoms with E-state index < -0.39 is 0 Å². The first-order valence-electron chi connectivity index (χ1n) is 5.52. The van der Waals surface area contributed by atoms with Gasteiger partial charge < -0.3 is 0 Å². The summed E-state index contributed by atoms with van der Waals surface area (Å²) in [6, 6.07) is 7.83. The fraction of sp³-hybridized carbons (Fsp3) is 0.286. The summed E-state index contributed by atoms with van der Waals surface area (Å²) in [6.07, 6.45) is 1.62. The molecule has 0 radical (unpaired) electrons. The molecule has 0 aliphatic carbocycles. The summed E-state index contributed by atoms with van der Waals surface area (Å²) in [6.45, 7) is 6.48. The van der Waals surface area contributed by atoms with Gasteiger partial charge in [0.2, 0.25) is 5.78 Å². The van der Waals surface area contributed by atoms with Crippen molar-refractivity contribution in [3.05, 3.63) is 52.0 Å². The number of carbonyl (C=O) groups is 1. The molecule has 0 N–H and O–H groups in total. The predicted octanol–water partition coefficient (Wildman–Crippen LogP) is 3.67. The Hall–Kier alpha value is -1.48. The summed E-state index contributed by atoms with van der Waals surface area (Å²) < 4.78 is 0. The van der Waals surface area contributed by atoms with Crippen LogP contribution in [-0.2, 0) is 5.41 Å². The van der Waals surface area contributed by atoms with Crippen molar-refractivity contribution >= 4 is 17.1 Å². The lowest BCUT2D eigenvalue weighted by Gasteiger charge is -2.18. The lowest BCUT2D eigenvalue weighted by molar-refractivity contribution is 0.104. The Labute approximate surface area is 105 Å². The highest BCUT2D eigenvalue weighted by atomic mass is 32.1. The zero-order valence-electron chi connectivity index (χ0n) is 10.2. The number of ketones is 1. The van der Waals surface area contributed by atoms with Gasteiger partial charge in [-0.25, -0.2) is 0 Å². The topological polar surface area (TPSA) is 30.0 Å². The van der Waals surface area contributed by atoms with Crippen LogP contribution in [0.15, 0.2) is 36.0 Å². The van der Waals surface area contributed by atoms with Crippen molar-refractivity contribution in [1.29, 1.82) is 0 Å². The maximum Gasteiger partial charge on any atom is 0.204 e. The van der Waals surface area contributed by atoms with Crippen LogP contribution in [0.5, 0.6) is 0 Å². The van der Waals surface area contributed by atoms with E-state index in [-0.39, 0.29) is 11.2 Å². The normalized spacial score (nSPS) is 11.5. The van der Waals surface area contributed by atoms with Crippen LogP contribution in [0.3, 0.4) is 0 Å². The lowest BCUT2D eigenvalue weighted by Crippen LogP contribution is -2.11. The van der Waals surface area contributed by atoms with Crippen molar-refractivity contribution in [3.63, 3.8) is 0 Å². The van der Waals surface area contributed by atoms with Crippen LogP contribution in [0.1, 0.15) is 41.6 Å². The summed E-state index contributed by atoms with van der Waals surface area (Å²) in [4.78, 5) is 16.7. The highest BCUT2D eigenvalue weighted by Gasteiger charge is 2.15. The quantitative estimate of drug-likeness (QED) is 0.756. The SMILES string of the molecule is CC(C)(C)c1ccc(C(=O)c2cncs2)cc1. The van der Waals surface area contributed by atoms with Crippen LogP contribution in [0.2, 0.25) is 0 Å². The minimum absolute atomic E-state index is 0.0490. The number of thiazole rings is 1. The molecule has 0 fully saturated rings. The molecule has 0 aliphatic rings. The molecule has 0 saturated heterocycles. The maximum absolute atomic E-state index is 12.0. The van der Waals surface area contributed by atoms with Gasteiger partial charge in [0.25, 0.3) is 0 Å². The average Bonchev–Trinajstić information content (AvgIpc) is 2.80. The minimum Gasteiger partial charge on any atom is -0.288 e. The molecule has 0 saturated carbocycles. The number of nitrogens with zero attached hydrogens (tertiary/aromatic N) is 1. The van der Waals surface area contributed by atoms with Gasteiger partial charge in [-0.05, 0) is 11.0 Å². The van der Waals surface area contributed by atoms with Gasteiger partial charge in [0.05, 0.1) is 10.4 Å². The molecule has 0 amide bonds. The molecule has 0 atom stereocenters. The van der Waals surface area contributed by atoms with Gasteiger partial charge in [0.1, 0.15) is 0 Å². The van der Waals surface area contributed by atoms with E-state index in [9.17, 15) is 4.79 Å². The molecule has 2 rings (SSSR count). The number of hydrogen-bond acceptors (Lipinski definition) is 3. The molecule has 0 spiro atoms. The maximum atomic E-state index is 12.0. The fourth-order valence-corrected chi connectivity index (χ4v) is 2.17. The molecule has 2 aromatic rings. The van der Waals surface area contributed by atoms with Crippen LogP contribution in [0, 0.1) is 0 Å². The first-order valence-corrected chi connectivity index (χ1v) is 6.40. The largest absolute Gasteiger partial charge is 0.288 e. The van der Waals surface area contributed by atoms with E-state index in [4.69, 9.17) is 0 Å². The van der Waals surface area contributed by atoms with Crippen molar-refractivity contribution in [2.75, 3.05) is 0 Å². The highest BCUT2D eigenvalue weighted by molar-refractivity contribution is 7.11. The monoisotopic (exact) mass is 245 g/mol. The van der Waals surface area contributed by atoms with Crippen LogP contribution >= 0.6 is 11.3 Å². The first-order chi connectivity index (χ1) is 7.98. The van der Waals surface area contributed by atoms with Gasteiger partial charge >= 0.3 is 0 Å². The second-order valence-corrected chi connectivity index (χ2v) is 5.91. The van der Waals surface area contributed by atoms with E-state index in [0.717, 1.165) is 5.56 Å². The van der Waals surface area contributed by atoms with Gasteiger partial charge in [-0.2, -0.15) is 0 Å². The summed E-state index contributed by atoms with van der Waals surface area (Å²) in [5.41, 5.74) is 3.75. The molecule has 0 bridgehead atoms. The van der Waals surface area contributed by atoms with E-state index in [1.807, 2.05) is 24.3 Å². The molecule has 1 heterocycles. The fourth-order valence-electron chi connectivity index (χ4n) is 1.59. The van der Waals surface area contributed by atoms with Crippen molar-refractivity contribution in [2.24, 2.45) is 0 Å². The summed E-state index contributed by atoms with van der Waals surface area (Å²) in [7, 11) is 0. The number of aromatic nitrogens is 1. The number of carbonyl (C=O) groups excluding carboxylic acids is 1. The molecular formula is C14H15NOS. The highest BCUT2D eigenvalue weighted by Crippen LogP contribution is 2.23. The zero-order chi connectivity index (χ0) is 12.5. The zero-order valence-corrected chi connectivity index (χ0v) is 11.0. The van der Waals surface area contributed by atoms with Gasteiger partial charge in [-0.15, -0.1) is 11.3 Å². The molecule has 1 aromatic heterocycles. The third-order valence-electron chi connectivity index (χ3n) is 2.67. The molecule has 17 heavy (non-hydrogen) atoms. The number of benzene rings is 1. The predicted molar refractivity (Wildman–Crippen MR) is 70.7 cm³/mol. The van der Waals surface area contributed by atoms with Crippen LogP contribution in [0.4, 0.5) is 0 Å². The molecule has 2 nitrogen and oxygen atoms in total. The van der Waals surface area contributed by atoms with Crippen LogP contribution in [0.25, 0.3) is 0 Å². The van der Waals surface area contributed by atoms with Crippen molar-refractivity contribution < 1.29 is 4.79 Å². The molecule has 0 aliphatic heterocycles. The van der Waals surface area contributed by atoms with Crippen molar-refractivity contribution in [3.8, 4) is 0 Å². The van der Waals surface area contributed by atoms with E-state index >= 15 is 0 Å². The van der Waals surface area contributed by atoms with E-state index in [1.165, 1.54) is 16.9 Å². The molecule has 1 aromatic carbocycles. The molecule has 3 heteroatoms. The smallest absolute Gasteiger partial charge is 0.204 e. The van der Waals surface area contributed by atoms with Gasteiger partial charge in [0.15, 0.2) is 0 Å². The first kappa shape index (κ1) is 12.0. The van der Waals surface area contributed by atoms with E-state index in [1.54, 1.807) is 11.7 Å². The third-order valence-corrected chi connectivity index (χ3v) is 3.44.